The van der Waals surface area contributed by atoms with E-state index in [1.807, 2.05) is 23.1 Å². The Hall–Kier alpha value is -3.52. The maximum absolute atomic E-state index is 13.8. The molecule has 2 aliphatic heterocycles. The second-order valence-electron chi connectivity index (χ2n) is 12.1. The van der Waals surface area contributed by atoms with E-state index in [1.54, 1.807) is 30.7 Å². The number of hydrogen-bond donors (Lipinski definition) is 1. The highest BCUT2D eigenvalue weighted by Crippen LogP contribution is 2.67. The number of piperidine rings is 1. The molecule has 8 nitrogen and oxygen atoms in total. The van der Waals surface area contributed by atoms with Crippen molar-refractivity contribution in [2.45, 2.75) is 75.7 Å². The zero-order chi connectivity index (χ0) is 28.2. The van der Waals surface area contributed by atoms with Crippen molar-refractivity contribution >= 4 is 18.0 Å². The highest BCUT2D eigenvalue weighted by molar-refractivity contribution is 5.92. The first kappa shape index (κ1) is 26.7. The summed E-state index contributed by atoms with van der Waals surface area (Å²) in [4.78, 5) is 30.9. The largest absolute Gasteiger partial charge is 0.504 e. The van der Waals surface area contributed by atoms with Crippen LogP contribution >= 0.6 is 0 Å². The molecule has 0 unspecified atom stereocenters. The highest BCUT2D eigenvalue weighted by atomic mass is 16.6. The van der Waals surface area contributed by atoms with Crippen molar-refractivity contribution in [3.05, 3.63) is 66.1 Å². The van der Waals surface area contributed by atoms with Gasteiger partial charge < -0.3 is 23.9 Å². The summed E-state index contributed by atoms with van der Waals surface area (Å²) in [6, 6.07) is 5.17. The number of carbonyl (C=O) groups is 2. The first-order valence-corrected chi connectivity index (χ1v) is 14.3. The number of amides is 1. The fourth-order valence-electron chi connectivity index (χ4n) is 8.16. The fourth-order valence-corrected chi connectivity index (χ4v) is 8.16. The van der Waals surface area contributed by atoms with Crippen molar-refractivity contribution in [2.24, 2.45) is 5.92 Å². The maximum atomic E-state index is 13.8. The molecule has 2 aliphatic carbocycles. The van der Waals surface area contributed by atoms with Crippen LogP contribution in [0.3, 0.4) is 0 Å². The van der Waals surface area contributed by atoms with Crippen LogP contribution in [0.4, 0.5) is 0 Å². The molecule has 1 saturated heterocycles. The van der Waals surface area contributed by atoms with Gasteiger partial charge in [-0.25, -0.2) is 0 Å². The van der Waals surface area contributed by atoms with Gasteiger partial charge in [-0.1, -0.05) is 26.0 Å². The van der Waals surface area contributed by atoms with E-state index in [0.29, 0.717) is 44.5 Å². The number of likely N-dealkylation sites (tertiary alicyclic amines) is 1. The van der Waals surface area contributed by atoms with Gasteiger partial charge in [0.15, 0.2) is 11.5 Å². The van der Waals surface area contributed by atoms with Gasteiger partial charge in [-0.05, 0) is 55.4 Å². The van der Waals surface area contributed by atoms with Crippen LogP contribution in [0.2, 0.25) is 0 Å². The number of benzene rings is 1. The predicted octanol–water partition coefficient (Wildman–Crippen LogP) is 4.46. The Bertz CT molecular complexity index is 1350. The first-order valence-electron chi connectivity index (χ1n) is 14.3. The topological polar surface area (TPSA) is 92.5 Å². The van der Waals surface area contributed by atoms with Crippen LogP contribution in [0.15, 0.2) is 53.9 Å². The van der Waals surface area contributed by atoms with Gasteiger partial charge in [0.2, 0.25) is 5.91 Å². The Kier molecular flexibility index (Phi) is 6.56. The molecule has 6 rings (SSSR count). The van der Waals surface area contributed by atoms with Crippen molar-refractivity contribution in [1.29, 1.82) is 0 Å². The van der Waals surface area contributed by atoms with Crippen molar-refractivity contribution in [3.8, 4) is 11.5 Å². The number of furan rings is 1. The Labute approximate surface area is 235 Å². The number of rotatable bonds is 8. The summed E-state index contributed by atoms with van der Waals surface area (Å²) in [7, 11) is 0. The molecule has 1 spiro atoms. The molecule has 212 valence electrons. The molecule has 8 heteroatoms. The van der Waals surface area contributed by atoms with Crippen LogP contribution in [-0.4, -0.2) is 70.2 Å². The number of carbonyl (C=O) groups excluding carboxylic acids is 2. The lowest BCUT2D eigenvalue weighted by Crippen LogP contribution is -2.79. The number of phenolic OH excluding ortho intramolecular Hbond substituents is 1. The molecule has 2 fully saturated rings. The molecule has 1 saturated carbocycles. The summed E-state index contributed by atoms with van der Waals surface area (Å²) in [5.41, 5.74) is 1.36. The van der Waals surface area contributed by atoms with Crippen molar-refractivity contribution in [3.63, 3.8) is 0 Å². The number of nitrogens with zero attached hydrogens (tertiary/aromatic N) is 2. The van der Waals surface area contributed by atoms with Gasteiger partial charge in [0, 0.05) is 43.8 Å². The van der Waals surface area contributed by atoms with Crippen LogP contribution in [0.5, 0.6) is 11.5 Å². The Morgan fingerprint density at radius 2 is 2.12 bits per heavy atom. The van der Waals surface area contributed by atoms with E-state index < -0.39 is 17.1 Å². The number of hydrogen-bond acceptors (Lipinski definition) is 7. The Balaban J connectivity index is 1.49. The molecular formula is C32H38N2O6. The van der Waals surface area contributed by atoms with Gasteiger partial charge in [-0.2, -0.15) is 0 Å². The lowest BCUT2D eigenvalue weighted by molar-refractivity contribution is -0.223. The zero-order valence-electron chi connectivity index (χ0n) is 23.5. The predicted molar refractivity (Wildman–Crippen MR) is 150 cm³/mol. The Morgan fingerprint density at radius 3 is 2.83 bits per heavy atom. The highest BCUT2D eigenvalue weighted by Gasteiger charge is 2.75. The molecule has 0 radical (unpaired) electrons. The summed E-state index contributed by atoms with van der Waals surface area (Å²) in [5.74, 6) is 0.373. The average molecular weight is 547 g/mol. The molecule has 1 aromatic heterocycles. The van der Waals surface area contributed by atoms with E-state index in [4.69, 9.17) is 13.9 Å². The third-order valence-electron chi connectivity index (χ3n) is 9.40. The summed E-state index contributed by atoms with van der Waals surface area (Å²) in [6.45, 7) is 11.7. The third-order valence-corrected chi connectivity index (χ3v) is 9.40. The van der Waals surface area contributed by atoms with Crippen molar-refractivity contribution in [1.82, 2.24) is 9.80 Å². The number of esters is 1. The third kappa shape index (κ3) is 3.83. The number of aromatic hydroxyl groups is 1. The van der Waals surface area contributed by atoms with Crippen LogP contribution in [0.25, 0.3) is 6.08 Å². The summed E-state index contributed by atoms with van der Waals surface area (Å²) in [5, 5.41) is 11.0. The van der Waals surface area contributed by atoms with Crippen molar-refractivity contribution in [2.75, 3.05) is 19.6 Å². The van der Waals surface area contributed by atoms with Crippen molar-refractivity contribution < 1.29 is 28.6 Å². The van der Waals surface area contributed by atoms with Gasteiger partial charge in [-0.15, -0.1) is 6.58 Å². The van der Waals surface area contributed by atoms with Crippen LogP contribution in [0, 0.1) is 5.92 Å². The standard InChI is InChI=1S/C32H38N2O6/c1-5-14-33-15-13-31-28-23-7-8-25(36)29(28)39-30(31)24(10-12-32(31,26(33)17-23)40-21(4)35)34(18-20(2)3)27(37)9-6-22-11-16-38-19-22/h5-9,11,16,19-20,24,26,30,36H,1,10,12-15,17-18H2,2-4H3/b9-6+/t24-,26+,30-,31-,32+/m0/s1. The first-order chi connectivity index (χ1) is 19.2. The molecule has 3 heterocycles. The minimum Gasteiger partial charge on any atom is -0.504 e. The molecule has 1 aromatic carbocycles. The summed E-state index contributed by atoms with van der Waals surface area (Å²) in [6.07, 6.45) is 10.6. The van der Waals surface area contributed by atoms with Gasteiger partial charge in [-0.3, -0.25) is 14.5 Å². The number of ether oxygens (including phenoxy) is 2. The average Bonchev–Trinajstić information content (AvgIpc) is 3.55. The lowest BCUT2D eigenvalue weighted by Gasteiger charge is -2.65. The minimum absolute atomic E-state index is 0.0616. The quantitative estimate of drug-likeness (QED) is 0.297. The zero-order valence-corrected chi connectivity index (χ0v) is 23.5. The van der Waals surface area contributed by atoms with Gasteiger partial charge in [0.1, 0.15) is 11.7 Å². The Morgan fingerprint density at radius 1 is 1.30 bits per heavy atom. The van der Waals surface area contributed by atoms with E-state index in [0.717, 1.165) is 23.2 Å². The molecule has 1 N–H and O–H groups in total. The molecule has 40 heavy (non-hydrogen) atoms. The summed E-state index contributed by atoms with van der Waals surface area (Å²) >= 11 is 0. The minimum atomic E-state index is -0.841. The van der Waals surface area contributed by atoms with E-state index >= 15 is 0 Å². The van der Waals surface area contributed by atoms with Gasteiger partial charge >= 0.3 is 5.97 Å². The molecular weight excluding hydrogens is 508 g/mol. The van der Waals surface area contributed by atoms with E-state index in [1.165, 1.54) is 6.92 Å². The van der Waals surface area contributed by atoms with Crippen LogP contribution < -0.4 is 4.74 Å². The van der Waals surface area contributed by atoms with Crippen LogP contribution in [-0.2, 0) is 26.2 Å². The van der Waals surface area contributed by atoms with E-state index in [9.17, 15) is 14.7 Å². The smallest absolute Gasteiger partial charge is 0.303 e. The number of phenols is 1. The molecule has 5 atom stereocenters. The molecule has 4 aliphatic rings. The van der Waals surface area contributed by atoms with E-state index in [2.05, 4.69) is 25.3 Å². The molecule has 2 bridgehead atoms. The fraction of sp³-hybridized carbons (Fsp3) is 0.500. The van der Waals surface area contributed by atoms with Gasteiger partial charge in [0.25, 0.3) is 0 Å². The second kappa shape index (κ2) is 9.84. The normalized spacial score (nSPS) is 30.1. The summed E-state index contributed by atoms with van der Waals surface area (Å²) < 4.78 is 18.4. The van der Waals surface area contributed by atoms with E-state index in [-0.39, 0.29) is 35.6 Å². The SMILES string of the molecule is C=CCN1CC[C@]23c4c5ccc(O)c4O[C@H]2[C@@H](N(CC(C)C)C(=O)/C=C/c2ccoc2)CC[C@@]3(OC(C)=O)[C@H]1C5. The van der Waals surface area contributed by atoms with Crippen LogP contribution in [0.1, 0.15) is 56.7 Å². The molecule has 2 aromatic rings. The lowest BCUT2D eigenvalue weighted by atomic mass is 9.48. The van der Waals surface area contributed by atoms with Gasteiger partial charge in [0.05, 0.1) is 30.0 Å². The maximum Gasteiger partial charge on any atom is 0.303 e. The second-order valence-corrected chi connectivity index (χ2v) is 12.1. The monoisotopic (exact) mass is 546 g/mol. The molecule has 1 amide bonds.